The summed E-state index contributed by atoms with van der Waals surface area (Å²) in [6.45, 7) is 1.67. The fraction of sp³-hybridized carbons (Fsp3) is 0.0714. The van der Waals surface area contributed by atoms with Crippen molar-refractivity contribution in [2.24, 2.45) is 0 Å². The molecule has 104 valence electrons. The standard InChI is InChI=1S/C14H11BrF2N2O/c1-7-4-11(17)10(15)6-13(7)19-14(20)9-3-2-8(16)5-12(9)18/h2-6H,18H2,1H3,(H,19,20). The molecule has 0 saturated heterocycles. The number of rotatable bonds is 2. The lowest BCUT2D eigenvalue weighted by Gasteiger charge is -2.11. The van der Waals surface area contributed by atoms with E-state index in [1.54, 1.807) is 6.92 Å². The number of carbonyl (C=O) groups excluding carboxylic acids is 1. The first kappa shape index (κ1) is 14.5. The summed E-state index contributed by atoms with van der Waals surface area (Å²) in [6.07, 6.45) is 0. The third-order valence-corrected chi connectivity index (χ3v) is 3.38. The summed E-state index contributed by atoms with van der Waals surface area (Å²) < 4.78 is 26.5. The molecule has 0 heterocycles. The zero-order chi connectivity index (χ0) is 14.9. The number of amides is 1. The van der Waals surface area contributed by atoms with Crippen molar-refractivity contribution in [3.63, 3.8) is 0 Å². The second-order valence-electron chi connectivity index (χ2n) is 4.27. The van der Waals surface area contributed by atoms with E-state index in [9.17, 15) is 13.6 Å². The number of nitrogens with one attached hydrogen (secondary N) is 1. The van der Waals surface area contributed by atoms with Gasteiger partial charge >= 0.3 is 0 Å². The summed E-state index contributed by atoms with van der Waals surface area (Å²) in [6, 6.07) is 6.28. The van der Waals surface area contributed by atoms with Gasteiger partial charge in [0.25, 0.3) is 5.91 Å². The van der Waals surface area contributed by atoms with Crippen molar-refractivity contribution >= 4 is 33.2 Å². The number of benzene rings is 2. The largest absolute Gasteiger partial charge is 0.398 e. The van der Waals surface area contributed by atoms with E-state index in [1.807, 2.05) is 0 Å². The first-order valence-corrected chi connectivity index (χ1v) is 6.50. The summed E-state index contributed by atoms with van der Waals surface area (Å²) in [5.74, 6) is -1.41. The van der Waals surface area contributed by atoms with Crippen molar-refractivity contribution in [3.05, 3.63) is 57.6 Å². The molecule has 0 aromatic heterocycles. The molecule has 0 atom stereocenters. The van der Waals surface area contributed by atoms with Gasteiger partial charge in [0.05, 0.1) is 10.0 Å². The zero-order valence-electron chi connectivity index (χ0n) is 10.5. The number of aryl methyl sites for hydroxylation is 1. The number of hydrogen-bond acceptors (Lipinski definition) is 2. The highest BCUT2D eigenvalue weighted by Gasteiger charge is 2.13. The third kappa shape index (κ3) is 2.96. The Bertz CT molecular complexity index is 689. The maximum atomic E-state index is 13.3. The monoisotopic (exact) mass is 340 g/mol. The predicted molar refractivity (Wildman–Crippen MR) is 77.6 cm³/mol. The second kappa shape index (κ2) is 5.58. The van der Waals surface area contributed by atoms with Crippen LogP contribution in [0.15, 0.2) is 34.8 Å². The third-order valence-electron chi connectivity index (χ3n) is 2.77. The molecule has 2 rings (SSSR count). The molecule has 0 aliphatic rings. The fourth-order valence-corrected chi connectivity index (χ4v) is 2.05. The van der Waals surface area contributed by atoms with Gasteiger partial charge < -0.3 is 11.1 Å². The van der Waals surface area contributed by atoms with Crippen LogP contribution < -0.4 is 11.1 Å². The Balaban J connectivity index is 2.30. The van der Waals surface area contributed by atoms with Gasteiger partial charge in [-0.1, -0.05) is 0 Å². The Labute approximate surface area is 122 Å². The summed E-state index contributed by atoms with van der Waals surface area (Å²) >= 11 is 3.05. The van der Waals surface area contributed by atoms with E-state index in [0.717, 1.165) is 12.1 Å². The van der Waals surface area contributed by atoms with E-state index >= 15 is 0 Å². The van der Waals surface area contributed by atoms with E-state index in [1.165, 1.54) is 18.2 Å². The SMILES string of the molecule is Cc1cc(F)c(Br)cc1NC(=O)c1ccc(F)cc1N. The van der Waals surface area contributed by atoms with Gasteiger partial charge in [0, 0.05) is 11.4 Å². The number of hydrogen-bond donors (Lipinski definition) is 2. The van der Waals surface area contributed by atoms with Crippen LogP contribution in [-0.4, -0.2) is 5.91 Å². The topological polar surface area (TPSA) is 55.1 Å². The van der Waals surface area contributed by atoms with Crippen molar-refractivity contribution in [2.45, 2.75) is 6.92 Å². The minimum Gasteiger partial charge on any atom is -0.398 e. The molecule has 3 nitrogen and oxygen atoms in total. The van der Waals surface area contributed by atoms with Gasteiger partial charge in [-0.05, 0) is 58.7 Å². The molecule has 0 fully saturated rings. The quantitative estimate of drug-likeness (QED) is 0.815. The molecular formula is C14H11BrF2N2O. The van der Waals surface area contributed by atoms with Crippen LogP contribution in [0, 0.1) is 18.6 Å². The van der Waals surface area contributed by atoms with Crippen LogP contribution in [0.2, 0.25) is 0 Å². The van der Waals surface area contributed by atoms with Crippen LogP contribution >= 0.6 is 15.9 Å². The molecule has 0 bridgehead atoms. The van der Waals surface area contributed by atoms with Crippen molar-refractivity contribution < 1.29 is 13.6 Å². The maximum Gasteiger partial charge on any atom is 0.257 e. The molecule has 0 spiro atoms. The summed E-state index contributed by atoms with van der Waals surface area (Å²) in [4.78, 5) is 12.1. The summed E-state index contributed by atoms with van der Waals surface area (Å²) in [5, 5.41) is 2.62. The van der Waals surface area contributed by atoms with Gasteiger partial charge in [-0.15, -0.1) is 0 Å². The normalized spacial score (nSPS) is 10.4. The first-order chi connectivity index (χ1) is 9.38. The van der Waals surface area contributed by atoms with Gasteiger partial charge in [0.15, 0.2) is 0 Å². The van der Waals surface area contributed by atoms with Gasteiger partial charge in [0.2, 0.25) is 0 Å². The minimum atomic E-state index is -0.514. The van der Waals surface area contributed by atoms with E-state index < -0.39 is 17.5 Å². The lowest BCUT2D eigenvalue weighted by Crippen LogP contribution is -2.15. The number of carbonyl (C=O) groups is 1. The molecule has 6 heteroatoms. The lowest BCUT2D eigenvalue weighted by molar-refractivity contribution is 0.102. The lowest BCUT2D eigenvalue weighted by atomic mass is 10.1. The molecule has 2 aromatic carbocycles. The van der Waals surface area contributed by atoms with Crippen LogP contribution in [0.1, 0.15) is 15.9 Å². The Kier molecular flexibility index (Phi) is 4.04. The number of halogens is 3. The Morgan fingerprint density at radius 1 is 1.25 bits per heavy atom. The predicted octanol–water partition coefficient (Wildman–Crippen LogP) is 3.87. The highest BCUT2D eigenvalue weighted by atomic mass is 79.9. The van der Waals surface area contributed by atoms with Crippen LogP contribution in [0.3, 0.4) is 0 Å². The Morgan fingerprint density at radius 3 is 2.60 bits per heavy atom. The highest BCUT2D eigenvalue weighted by Crippen LogP contribution is 2.25. The van der Waals surface area contributed by atoms with Gasteiger partial charge in [-0.2, -0.15) is 0 Å². The van der Waals surface area contributed by atoms with Crippen molar-refractivity contribution in [1.29, 1.82) is 0 Å². The van der Waals surface area contributed by atoms with E-state index in [-0.39, 0.29) is 15.7 Å². The highest BCUT2D eigenvalue weighted by molar-refractivity contribution is 9.10. The molecule has 0 aliphatic carbocycles. The van der Waals surface area contributed by atoms with E-state index in [2.05, 4.69) is 21.2 Å². The zero-order valence-corrected chi connectivity index (χ0v) is 12.1. The number of nitrogens with two attached hydrogens (primary N) is 1. The average molecular weight is 341 g/mol. The van der Waals surface area contributed by atoms with E-state index in [4.69, 9.17) is 5.73 Å². The molecule has 1 amide bonds. The van der Waals surface area contributed by atoms with E-state index in [0.29, 0.717) is 11.3 Å². The van der Waals surface area contributed by atoms with Gasteiger partial charge in [-0.3, -0.25) is 4.79 Å². The molecule has 20 heavy (non-hydrogen) atoms. The molecule has 2 aromatic rings. The van der Waals surface area contributed by atoms with Crippen LogP contribution in [0.25, 0.3) is 0 Å². The van der Waals surface area contributed by atoms with Crippen molar-refractivity contribution in [2.75, 3.05) is 11.1 Å². The molecule has 0 saturated carbocycles. The minimum absolute atomic E-state index is 0.0429. The molecule has 0 radical (unpaired) electrons. The number of anilines is 2. The maximum absolute atomic E-state index is 13.3. The van der Waals surface area contributed by atoms with Crippen LogP contribution in [0.4, 0.5) is 20.2 Å². The summed E-state index contributed by atoms with van der Waals surface area (Å²) in [5.41, 5.74) is 6.82. The smallest absolute Gasteiger partial charge is 0.257 e. The van der Waals surface area contributed by atoms with Gasteiger partial charge in [0.1, 0.15) is 11.6 Å². The van der Waals surface area contributed by atoms with Crippen LogP contribution in [0.5, 0.6) is 0 Å². The molecule has 0 aliphatic heterocycles. The Morgan fingerprint density at radius 2 is 1.95 bits per heavy atom. The van der Waals surface area contributed by atoms with Gasteiger partial charge in [-0.25, -0.2) is 8.78 Å². The molecular weight excluding hydrogens is 330 g/mol. The first-order valence-electron chi connectivity index (χ1n) is 5.70. The fourth-order valence-electron chi connectivity index (χ4n) is 1.71. The van der Waals surface area contributed by atoms with Crippen molar-refractivity contribution in [1.82, 2.24) is 0 Å². The summed E-state index contributed by atoms with van der Waals surface area (Å²) in [7, 11) is 0. The van der Waals surface area contributed by atoms with Crippen molar-refractivity contribution in [3.8, 4) is 0 Å². The van der Waals surface area contributed by atoms with Crippen LogP contribution in [-0.2, 0) is 0 Å². The second-order valence-corrected chi connectivity index (χ2v) is 5.12. The molecule has 3 N–H and O–H groups in total. The Hall–Kier alpha value is -1.95. The number of nitrogen functional groups attached to an aromatic ring is 1. The average Bonchev–Trinajstić information content (AvgIpc) is 2.35. The molecule has 0 unspecified atom stereocenters.